The van der Waals surface area contributed by atoms with Gasteiger partial charge in [0.2, 0.25) is 21.8 Å². The van der Waals surface area contributed by atoms with Crippen molar-refractivity contribution in [2.24, 2.45) is 0 Å². The van der Waals surface area contributed by atoms with Gasteiger partial charge in [-0.2, -0.15) is 4.31 Å². The maximum Gasteiger partial charge on any atom is 0.247 e. The van der Waals surface area contributed by atoms with Gasteiger partial charge >= 0.3 is 0 Å². The largest absolute Gasteiger partial charge is 0.497 e. The van der Waals surface area contributed by atoms with Crippen LogP contribution in [0, 0.1) is 0 Å². The molecule has 0 saturated carbocycles. The maximum absolute atomic E-state index is 13.9. The fourth-order valence-electron chi connectivity index (χ4n) is 5.03. The number of methoxy groups -OCH3 is 2. The highest BCUT2D eigenvalue weighted by molar-refractivity contribution is 7.89. The van der Waals surface area contributed by atoms with Crippen LogP contribution in [0.25, 0.3) is 0 Å². The van der Waals surface area contributed by atoms with Crippen molar-refractivity contribution in [3.8, 4) is 5.75 Å². The SMILES string of the molecule is COCCNC(=O)[C@H](c1ccccc1)N(Cc1ccc(OC)cc1)C(=O)CCc1ccc(S(=O)(=O)N2CCCC2)cc1. The number of ether oxygens (including phenoxy) is 2. The first-order valence-corrected chi connectivity index (χ1v) is 15.6. The van der Waals surface area contributed by atoms with Crippen molar-refractivity contribution >= 4 is 21.8 Å². The molecule has 1 heterocycles. The Kier molecular flexibility index (Phi) is 11.1. The zero-order valence-corrected chi connectivity index (χ0v) is 25.0. The Morgan fingerprint density at radius 2 is 1.55 bits per heavy atom. The topological polar surface area (TPSA) is 105 Å². The molecule has 224 valence electrons. The summed E-state index contributed by atoms with van der Waals surface area (Å²) < 4.78 is 37.7. The van der Waals surface area contributed by atoms with Crippen molar-refractivity contribution in [1.82, 2.24) is 14.5 Å². The van der Waals surface area contributed by atoms with Gasteiger partial charge in [-0.1, -0.05) is 54.6 Å². The number of rotatable bonds is 14. The Balaban J connectivity index is 1.56. The molecule has 2 amide bonds. The maximum atomic E-state index is 13.9. The third-order valence-electron chi connectivity index (χ3n) is 7.37. The average Bonchev–Trinajstić information content (AvgIpc) is 3.57. The van der Waals surface area contributed by atoms with Gasteiger partial charge in [-0.05, 0) is 60.2 Å². The van der Waals surface area contributed by atoms with E-state index in [0.717, 1.165) is 24.0 Å². The van der Waals surface area contributed by atoms with Crippen molar-refractivity contribution in [2.75, 3.05) is 40.5 Å². The smallest absolute Gasteiger partial charge is 0.247 e. The molecule has 42 heavy (non-hydrogen) atoms. The van der Waals surface area contributed by atoms with E-state index >= 15 is 0 Å². The monoisotopic (exact) mass is 593 g/mol. The van der Waals surface area contributed by atoms with Crippen LogP contribution in [-0.2, 0) is 37.3 Å². The first-order chi connectivity index (χ1) is 20.3. The standard InChI is InChI=1S/C32H39N3O6S/c1-40-23-20-33-32(37)31(27-8-4-3-5-9-27)35(24-26-10-15-28(41-2)16-11-26)30(36)19-14-25-12-17-29(18-13-25)42(38,39)34-21-6-7-22-34/h3-5,8-13,15-18,31H,6-7,14,19-24H2,1-2H3,(H,33,37)/t31-/m0/s1. The highest BCUT2D eigenvalue weighted by atomic mass is 32.2. The van der Waals surface area contributed by atoms with Gasteiger partial charge in [-0.15, -0.1) is 0 Å². The van der Waals surface area contributed by atoms with E-state index in [9.17, 15) is 18.0 Å². The van der Waals surface area contributed by atoms with E-state index in [1.807, 2.05) is 54.6 Å². The van der Waals surface area contributed by atoms with Gasteiger partial charge in [0, 0.05) is 39.7 Å². The molecule has 1 atom stereocenters. The second kappa shape index (κ2) is 14.9. The summed E-state index contributed by atoms with van der Waals surface area (Å²) in [5.74, 6) is 0.204. The molecule has 1 aliphatic rings. The van der Waals surface area contributed by atoms with Crippen LogP contribution in [-0.4, -0.2) is 69.9 Å². The van der Waals surface area contributed by atoms with Crippen LogP contribution in [0.15, 0.2) is 83.8 Å². The zero-order valence-electron chi connectivity index (χ0n) is 24.2. The Bertz CT molecular complexity index is 1410. The Morgan fingerprint density at radius 1 is 0.905 bits per heavy atom. The number of aryl methyl sites for hydroxylation is 1. The van der Waals surface area contributed by atoms with Gasteiger partial charge in [-0.3, -0.25) is 9.59 Å². The molecule has 0 unspecified atom stereocenters. The number of benzene rings is 3. The molecule has 0 bridgehead atoms. The summed E-state index contributed by atoms with van der Waals surface area (Å²) in [5.41, 5.74) is 2.39. The van der Waals surface area contributed by atoms with Crippen LogP contribution >= 0.6 is 0 Å². The van der Waals surface area contributed by atoms with Crippen LogP contribution in [0.4, 0.5) is 0 Å². The molecule has 0 aromatic heterocycles. The molecule has 1 aliphatic heterocycles. The van der Waals surface area contributed by atoms with Crippen molar-refractivity contribution < 1.29 is 27.5 Å². The van der Waals surface area contributed by atoms with Gasteiger partial charge in [0.25, 0.3) is 0 Å². The summed E-state index contributed by atoms with van der Waals surface area (Å²) in [6, 6.07) is 22.5. The molecule has 1 N–H and O–H groups in total. The van der Waals surface area contributed by atoms with E-state index in [0.29, 0.717) is 44.0 Å². The van der Waals surface area contributed by atoms with Gasteiger partial charge < -0.3 is 19.7 Å². The molecule has 0 radical (unpaired) electrons. The summed E-state index contributed by atoms with van der Waals surface area (Å²) in [4.78, 5) is 29.3. The summed E-state index contributed by atoms with van der Waals surface area (Å²) in [7, 11) is -0.349. The third-order valence-corrected chi connectivity index (χ3v) is 9.28. The zero-order chi connectivity index (χ0) is 30.0. The van der Waals surface area contributed by atoms with Gasteiger partial charge in [0.05, 0.1) is 18.6 Å². The second-order valence-corrected chi connectivity index (χ2v) is 12.2. The molecule has 0 spiro atoms. The molecule has 0 aliphatic carbocycles. The lowest BCUT2D eigenvalue weighted by Crippen LogP contribution is -2.44. The highest BCUT2D eigenvalue weighted by Gasteiger charge is 2.31. The molecule has 4 rings (SSSR count). The number of nitrogens with one attached hydrogen (secondary N) is 1. The van der Waals surface area contributed by atoms with E-state index in [1.54, 1.807) is 43.4 Å². The minimum Gasteiger partial charge on any atom is -0.497 e. The van der Waals surface area contributed by atoms with Gasteiger partial charge in [0.1, 0.15) is 11.8 Å². The van der Waals surface area contributed by atoms with Crippen LogP contribution in [0.3, 0.4) is 0 Å². The number of nitrogens with zero attached hydrogens (tertiary/aromatic N) is 2. The molecular formula is C32H39N3O6S. The quantitative estimate of drug-likeness (QED) is 0.284. The molecule has 9 nitrogen and oxygen atoms in total. The number of carbonyl (C=O) groups excluding carboxylic acids is 2. The second-order valence-electron chi connectivity index (χ2n) is 10.2. The Morgan fingerprint density at radius 3 is 2.17 bits per heavy atom. The number of amides is 2. The predicted octanol–water partition coefficient (Wildman–Crippen LogP) is 3.95. The first-order valence-electron chi connectivity index (χ1n) is 14.2. The molecule has 1 saturated heterocycles. The van der Waals surface area contributed by atoms with E-state index in [4.69, 9.17) is 9.47 Å². The molecular weight excluding hydrogens is 554 g/mol. The summed E-state index contributed by atoms with van der Waals surface area (Å²) in [6.07, 6.45) is 2.29. The van der Waals surface area contributed by atoms with Crippen LogP contribution in [0.1, 0.15) is 42.0 Å². The number of hydrogen-bond acceptors (Lipinski definition) is 6. The Hall–Kier alpha value is -3.73. The van der Waals surface area contributed by atoms with Crippen molar-refractivity contribution in [1.29, 1.82) is 0 Å². The van der Waals surface area contributed by atoms with E-state index in [-0.39, 0.29) is 29.7 Å². The molecule has 3 aromatic rings. The molecule has 3 aromatic carbocycles. The minimum absolute atomic E-state index is 0.142. The number of sulfonamides is 1. The highest BCUT2D eigenvalue weighted by Crippen LogP contribution is 2.26. The Labute approximate surface area is 248 Å². The average molecular weight is 594 g/mol. The van der Waals surface area contributed by atoms with E-state index in [2.05, 4.69) is 5.32 Å². The van der Waals surface area contributed by atoms with E-state index in [1.165, 1.54) is 4.31 Å². The van der Waals surface area contributed by atoms with Crippen molar-refractivity contribution in [2.45, 2.75) is 43.2 Å². The summed E-state index contributed by atoms with van der Waals surface area (Å²) in [6.45, 7) is 1.97. The fourth-order valence-corrected chi connectivity index (χ4v) is 6.55. The fraction of sp³-hybridized carbons (Fsp3) is 0.375. The molecule has 1 fully saturated rings. The van der Waals surface area contributed by atoms with Gasteiger partial charge in [0.15, 0.2) is 0 Å². The van der Waals surface area contributed by atoms with Crippen LogP contribution < -0.4 is 10.1 Å². The van der Waals surface area contributed by atoms with Gasteiger partial charge in [-0.25, -0.2) is 8.42 Å². The number of carbonyl (C=O) groups is 2. The minimum atomic E-state index is -3.51. The number of hydrogen-bond donors (Lipinski definition) is 1. The third kappa shape index (κ3) is 7.96. The lowest BCUT2D eigenvalue weighted by Gasteiger charge is -2.32. The predicted molar refractivity (Wildman–Crippen MR) is 160 cm³/mol. The molecule has 10 heteroatoms. The summed E-state index contributed by atoms with van der Waals surface area (Å²) >= 11 is 0. The first kappa shape index (κ1) is 31.2. The summed E-state index contributed by atoms with van der Waals surface area (Å²) in [5, 5.41) is 2.90. The lowest BCUT2D eigenvalue weighted by atomic mass is 10.0. The van der Waals surface area contributed by atoms with Crippen molar-refractivity contribution in [3.05, 3.63) is 95.6 Å². The van der Waals surface area contributed by atoms with E-state index < -0.39 is 16.1 Å². The van der Waals surface area contributed by atoms with Crippen LogP contribution in [0.2, 0.25) is 0 Å². The lowest BCUT2D eigenvalue weighted by molar-refractivity contribution is -0.141. The van der Waals surface area contributed by atoms with Crippen molar-refractivity contribution in [3.63, 3.8) is 0 Å². The van der Waals surface area contributed by atoms with Crippen LogP contribution in [0.5, 0.6) is 5.75 Å². The normalized spacial score (nSPS) is 14.3.